The van der Waals surface area contributed by atoms with Gasteiger partial charge >= 0.3 is 0 Å². The summed E-state index contributed by atoms with van der Waals surface area (Å²) in [5.41, 5.74) is 7.34. The smallest absolute Gasteiger partial charge is 0.0332 e. The fraction of sp³-hybridized carbons (Fsp3) is 0.455. The Morgan fingerprint density at radius 1 is 1.36 bits per heavy atom. The quantitative estimate of drug-likeness (QED) is 0.884. The van der Waals surface area contributed by atoms with E-state index in [4.69, 9.17) is 5.73 Å². The molecule has 0 saturated heterocycles. The Hall–Kier alpha value is 0.140. The fourth-order valence-corrected chi connectivity index (χ4v) is 2.22. The van der Waals surface area contributed by atoms with E-state index in [-0.39, 0.29) is 6.04 Å². The summed E-state index contributed by atoms with van der Waals surface area (Å²) in [5, 5.41) is 0. The third kappa shape index (κ3) is 2.81. The molecule has 1 nitrogen and oxygen atoms in total. The maximum atomic E-state index is 6.17. The number of nitrogens with two attached hydrogens (primary N) is 1. The molecule has 1 rings (SSSR count). The van der Waals surface area contributed by atoms with Gasteiger partial charge in [0.05, 0.1) is 0 Å². The van der Waals surface area contributed by atoms with Gasteiger partial charge in [-0.3, -0.25) is 0 Å². The minimum atomic E-state index is 0.104. The number of halogens is 2. The Balaban J connectivity index is 2.99. The minimum Gasteiger partial charge on any atom is -0.324 e. The average molecular weight is 321 g/mol. The summed E-state index contributed by atoms with van der Waals surface area (Å²) >= 11 is 6.99. The first-order valence-electron chi connectivity index (χ1n) is 4.76. The van der Waals surface area contributed by atoms with Crippen LogP contribution in [0.1, 0.15) is 31.9 Å². The summed E-state index contributed by atoms with van der Waals surface area (Å²) in [4.78, 5) is 0. The molecule has 0 aliphatic carbocycles. The van der Waals surface area contributed by atoms with E-state index in [9.17, 15) is 0 Å². The predicted octanol–water partition coefficient (Wildman–Crippen LogP) is 4.26. The van der Waals surface area contributed by atoms with Gasteiger partial charge in [0.2, 0.25) is 0 Å². The molecule has 0 aliphatic heterocycles. The molecule has 1 aromatic rings. The molecule has 1 aromatic carbocycles. The number of hydrogen-bond acceptors (Lipinski definition) is 1. The van der Waals surface area contributed by atoms with Crippen LogP contribution in [-0.4, -0.2) is 0 Å². The van der Waals surface area contributed by atoms with Crippen LogP contribution in [0.5, 0.6) is 0 Å². The molecular formula is C11H15Br2N. The second-order valence-corrected chi connectivity index (χ2v) is 5.35. The lowest BCUT2D eigenvalue weighted by Crippen LogP contribution is -2.18. The molecule has 0 saturated carbocycles. The van der Waals surface area contributed by atoms with Crippen molar-refractivity contribution < 1.29 is 0 Å². The van der Waals surface area contributed by atoms with E-state index in [0.29, 0.717) is 5.92 Å². The van der Waals surface area contributed by atoms with Crippen molar-refractivity contribution in [2.75, 3.05) is 0 Å². The van der Waals surface area contributed by atoms with Crippen molar-refractivity contribution in [3.05, 3.63) is 32.7 Å². The van der Waals surface area contributed by atoms with Crippen LogP contribution in [0.4, 0.5) is 0 Å². The zero-order valence-corrected chi connectivity index (χ0v) is 11.6. The van der Waals surface area contributed by atoms with Gasteiger partial charge in [-0.15, -0.1) is 0 Å². The summed E-state index contributed by atoms with van der Waals surface area (Å²) in [5.74, 6) is 0.501. The molecule has 0 bridgehead atoms. The first kappa shape index (κ1) is 12.2. The standard InChI is InChI=1S/C11H15Br2N/c1-3-7(2)11(14)9-6-8(12)4-5-10(9)13/h4-7,11H,3,14H2,1-2H3. The van der Waals surface area contributed by atoms with E-state index in [0.717, 1.165) is 15.4 Å². The van der Waals surface area contributed by atoms with Crippen molar-refractivity contribution in [1.29, 1.82) is 0 Å². The third-order valence-electron chi connectivity index (χ3n) is 2.57. The van der Waals surface area contributed by atoms with Crippen LogP contribution in [-0.2, 0) is 0 Å². The minimum absolute atomic E-state index is 0.104. The van der Waals surface area contributed by atoms with Gasteiger partial charge in [0.25, 0.3) is 0 Å². The van der Waals surface area contributed by atoms with E-state index >= 15 is 0 Å². The molecule has 0 radical (unpaired) electrons. The van der Waals surface area contributed by atoms with Crippen LogP contribution < -0.4 is 5.73 Å². The second-order valence-electron chi connectivity index (χ2n) is 3.58. The number of benzene rings is 1. The molecule has 2 N–H and O–H groups in total. The molecule has 0 heterocycles. The molecule has 14 heavy (non-hydrogen) atoms. The van der Waals surface area contributed by atoms with Crippen LogP contribution in [0.15, 0.2) is 27.1 Å². The molecule has 0 aromatic heterocycles. The molecule has 0 fully saturated rings. The Bertz CT molecular complexity index is 312. The molecule has 0 spiro atoms. The third-order valence-corrected chi connectivity index (χ3v) is 3.79. The lowest BCUT2D eigenvalue weighted by molar-refractivity contribution is 0.455. The second kappa shape index (κ2) is 5.29. The highest BCUT2D eigenvalue weighted by molar-refractivity contribution is 9.11. The monoisotopic (exact) mass is 319 g/mol. The molecule has 3 heteroatoms. The molecule has 78 valence electrons. The summed E-state index contributed by atoms with van der Waals surface area (Å²) in [6.45, 7) is 4.34. The highest BCUT2D eigenvalue weighted by Crippen LogP contribution is 2.30. The highest BCUT2D eigenvalue weighted by Gasteiger charge is 2.15. The zero-order chi connectivity index (χ0) is 10.7. The van der Waals surface area contributed by atoms with E-state index in [1.165, 1.54) is 5.56 Å². The largest absolute Gasteiger partial charge is 0.324 e. The van der Waals surface area contributed by atoms with Crippen molar-refractivity contribution in [1.82, 2.24) is 0 Å². The Kier molecular flexibility index (Phi) is 4.61. The Morgan fingerprint density at radius 2 is 2.00 bits per heavy atom. The van der Waals surface area contributed by atoms with Gasteiger partial charge in [-0.1, -0.05) is 52.1 Å². The lowest BCUT2D eigenvalue weighted by atomic mass is 9.93. The first-order valence-corrected chi connectivity index (χ1v) is 6.35. The SMILES string of the molecule is CCC(C)C(N)c1cc(Br)ccc1Br. The van der Waals surface area contributed by atoms with Crippen LogP contribution in [0, 0.1) is 5.92 Å². The molecule has 0 amide bonds. The van der Waals surface area contributed by atoms with E-state index < -0.39 is 0 Å². The van der Waals surface area contributed by atoms with Gasteiger partial charge in [-0.2, -0.15) is 0 Å². The molecule has 2 unspecified atom stereocenters. The lowest BCUT2D eigenvalue weighted by Gasteiger charge is -2.20. The Morgan fingerprint density at radius 3 is 2.57 bits per heavy atom. The van der Waals surface area contributed by atoms with Crippen molar-refractivity contribution in [3.8, 4) is 0 Å². The fourth-order valence-electron chi connectivity index (χ4n) is 1.33. The van der Waals surface area contributed by atoms with Crippen LogP contribution in [0.3, 0.4) is 0 Å². The molecular weight excluding hydrogens is 306 g/mol. The van der Waals surface area contributed by atoms with Gasteiger partial charge in [0, 0.05) is 15.0 Å². The zero-order valence-electron chi connectivity index (χ0n) is 8.43. The van der Waals surface area contributed by atoms with Crippen LogP contribution in [0.2, 0.25) is 0 Å². The molecule has 2 atom stereocenters. The number of hydrogen-bond donors (Lipinski definition) is 1. The van der Waals surface area contributed by atoms with E-state index in [2.05, 4.69) is 51.8 Å². The topological polar surface area (TPSA) is 26.0 Å². The van der Waals surface area contributed by atoms with Gasteiger partial charge in [-0.25, -0.2) is 0 Å². The Labute approximate surface area is 102 Å². The van der Waals surface area contributed by atoms with Gasteiger partial charge in [0.1, 0.15) is 0 Å². The van der Waals surface area contributed by atoms with Crippen molar-refractivity contribution in [2.45, 2.75) is 26.3 Å². The van der Waals surface area contributed by atoms with E-state index in [1.807, 2.05) is 12.1 Å². The number of rotatable bonds is 3. The van der Waals surface area contributed by atoms with Crippen molar-refractivity contribution in [3.63, 3.8) is 0 Å². The maximum Gasteiger partial charge on any atom is 0.0332 e. The predicted molar refractivity (Wildman–Crippen MR) is 68.2 cm³/mol. The van der Waals surface area contributed by atoms with Crippen LogP contribution >= 0.6 is 31.9 Å². The summed E-state index contributed by atoms with van der Waals surface area (Å²) in [7, 11) is 0. The van der Waals surface area contributed by atoms with Crippen molar-refractivity contribution in [2.24, 2.45) is 11.7 Å². The van der Waals surface area contributed by atoms with Gasteiger partial charge in [0.15, 0.2) is 0 Å². The maximum absolute atomic E-state index is 6.17. The van der Waals surface area contributed by atoms with Gasteiger partial charge < -0.3 is 5.73 Å². The van der Waals surface area contributed by atoms with E-state index in [1.54, 1.807) is 0 Å². The summed E-state index contributed by atoms with van der Waals surface area (Å²) in [6.07, 6.45) is 1.10. The average Bonchev–Trinajstić information content (AvgIpc) is 2.19. The van der Waals surface area contributed by atoms with Crippen molar-refractivity contribution >= 4 is 31.9 Å². The molecule has 0 aliphatic rings. The van der Waals surface area contributed by atoms with Crippen LogP contribution in [0.25, 0.3) is 0 Å². The highest BCUT2D eigenvalue weighted by atomic mass is 79.9. The van der Waals surface area contributed by atoms with Gasteiger partial charge in [-0.05, 0) is 29.7 Å². The summed E-state index contributed by atoms with van der Waals surface area (Å²) < 4.78 is 2.17. The normalized spacial score (nSPS) is 15.2. The first-order chi connectivity index (χ1) is 6.56. The summed E-state index contributed by atoms with van der Waals surface area (Å²) in [6, 6.07) is 6.23.